The number of aromatic amines is 2. The summed E-state index contributed by atoms with van der Waals surface area (Å²) in [6.45, 7) is 4.25. The first-order valence-corrected chi connectivity index (χ1v) is 18.3. The van der Waals surface area contributed by atoms with E-state index in [1.54, 1.807) is 18.2 Å². The van der Waals surface area contributed by atoms with Crippen LogP contribution in [0.5, 0.6) is 0 Å². The molecule has 5 amide bonds. The highest BCUT2D eigenvalue weighted by molar-refractivity contribution is 6.26. The third-order valence-electron chi connectivity index (χ3n) is 10.6. The molecular weight excluding hydrogens is 709 g/mol. The molecule has 1 atom stereocenters. The van der Waals surface area contributed by atoms with Crippen molar-refractivity contribution in [2.45, 2.75) is 44.6 Å². The van der Waals surface area contributed by atoms with Crippen LogP contribution in [0, 0.1) is 5.82 Å². The van der Waals surface area contributed by atoms with E-state index < -0.39 is 41.0 Å². The number of halogens is 1. The van der Waals surface area contributed by atoms with Crippen molar-refractivity contribution in [3.05, 3.63) is 81.9 Å². The van der Waals surface area contributed by atoms with Gasteiger partial charge >= 0.3 is 0 Å². The highest BCUT2D eigenvalue weighted by Gasteiger charge is 2.45. The van der Waals surface area contributed by atoms with Gasteiger partial charge in [-0.25, -0.2) is 9.37 Å². The van der Waals surface area contributed by atoms with Gasteiger partial charge in [0.1, 0.15) is 23.2 Å². The van der Waals surface area contributed by atoms with E-state index in [2.05, 4.69) is 35.4 Å². The van der Waals surface area contributed by atoms with Crippen LogP contribution in [0.25, 0.3) is 33.3 Å². The zero-order valence-electron chi connectivity index (χ0n) is 29.7. The van der Waals surface area contributed by atoms with Crippen molar-refractivity contribution in [3.8, 4) is 11.4 Å². The molecule has 16 heteroatoms. The van der Waals surface area contributed by atoms with Gasteiger partial charge in [-0.05, 0) is 68.3 Å². The van der Waals surface area contributed by atoms with Gasteiger partial charge < -0.3 is 25.9 Å². The van der Waals surface area contributed by atoms with Gasteiger partial charge in [0.15, 0.2) is 0 Å². The van der Waals surface area contributed by atoms with Crippen LogP contribution in [-0.4, -0.2) is 93.1 Å². The predicted molar refractivity (Wildman–Crippen MR) is 203 cm³/mol. The number of rotatable bonds is 10. The number of fused-ring (bicyclic) bond motifs is 3. The molecule has 0 saturated carbocycles. The molecule has 15 nitrogen and oxygen atoms in total. The zero-order valence-corrected chi connectivity index (χ0v) is 29.7. The first-order valence-electron chi connectivity index (χ1n) is 18.3. The lowest BCUT2D eigenvalue weighted by atomic mass is 10.0. The Morgan fingerprint density at radius 1 is 0.891 bits per heavy atom. The molecule has 0 aliphatic carbocycles. The van der Waals surface area contributed by atoms with Crippen molar-refractivity contribution >= 4 is 68.5 Å². The number of carbonyl (C=O) groups is 5. The summed E-state index contributed by atoms with van der Waals surface area (Å²) in [6, 6.07) is 13.8. The summed E-state index contributed by atoms with van der Waals surface area (Å²) < 4.78 is 14.6. The number of imidazole rings is 1. The molecule has 3 aliphatic rings. The van der Waals surface area contributed by atoms with Crippen molar-refractivity contribution in [1.29, 1.82) is 0 Å². The number of pyridine rings is 1. The van der Waals surface area contributed by atoms with E-state index in [1.807, 2.05) is 18.2 Å². The minimum Gasteiger partial charge on any atom is -0.397 e. The third kappa shape index (κ3) is 6.69. The van der Waals surface area contributed by atoms with Gasteiger partial charge in [-0.15, -0.1) is 0 Å². The first kappa shape index (κ1) is 35.6. The van der Waals surface area contributed by atoms with Crippen LogP contribution in [0.3, 0.4) is 0 Å². The number of piperidine rings is 1. The molecule has 5 heterocycles. The molecular formula is C39H38FN9O6. The number of nitrogens with two attached hydrogens (primary N) is 1. The van der Waals surface area contributed by atoms with E-state index in [-0.39, 0.29) is 64.4 Å². The highest BCUT2D eigenvalue weighted by Crippen LogP contribution is 2.33. The van der Waals surface area contributed by atoms with Gasteiger partial charge in [-0.2, -0.15) is 0 Å². The lowest BCUT2D eigenvalue weighted by molar-refractivity contribution is -0.136. The summed E-state index contributed by atoms with van der Waals surface area (Å²) in [5.41, 5.74) is 9.08. The Hall–Kier alpha value is -6.42. The van der Waals surface area contributed by atoms with Crippen LogP contribution in [-0.2, 0) is 14.4 Å². The first-order chi connectivity index (χ1) is 26.6. The quantitative estimate of drug-likeness (QED) is 0.104. The van der Waals surface area contributed by atoms with E-state index in [0.717, 1.165) is 61.7 Å². The Morgan fingerprint density at radius 2 is 1.69 bits per heavy atom. The van der Waals surface area contributed by atoms with Crippen molar-refractivity contribution in [2.75, 3.05) is 48.7 Å². The molecule has 0 spiro atoms. The number of unbranched alkanes of at least 4 members (excludes halogenated alkanes) is 2. The fraction of sp³-hybridized carbons (Fsp3) is 0.308. The number of benzene rings is 3. The Labute approximate surface area is 313 Å². The third-order valence-corrected chi connectivity index (χ3v) is 10.6. The summed E-state index contributed by atoms with van der Waals surface area (Å²) in [7, 11) is 0. The summed E-state index contributed by atoms with van der Waals surface area (Å²) in [6.07, 6.45) is 2.71. The number of H-pyrrole nitrogens is 2. The minimum absolute atomic E-state index is 0.0241. The van der Waals surface area contributed by atoms with Crippen LogP contribution in [0.2, 0.25) is 0 Å². The average Bonchev–Trinajstić information content (AvgIpc) is 3.69. The SMILES string of the molecule is Nc1c(-c2nc3ccc(N4CCN(CCCCCC(=O)Nc5cccc6c5C(=O)N(C5CCC(=O)NC5=O)C6=O)CC4)cc3[nH]2)c(=O)[nH]c2cccc(F)c12. The predicted octanol–water partition coefficient (Wildman–Crippen LogP) is 3.52. The highest BCUT2D eigenvalue weighted by atomic mass is 19.1. The normalized spacial score (nSPS) is 17.7. The van der Waals surface area contributed by atoms with E-state index in [0.29, 0.717) is 17.5 Å². The molecule has 6 N–H and O–H groups in total. The molecule has 3 aromatic carbocycles. The number of anilines is 3. The second-order valence-corrected chi connectivity index (χ2v) is 14.1. The average molecular weight is 748 g/mol. The van der Waals surface area contributed by atoms with Crippen molar-refractivity contribution in [2.24, 2.45) is 0 Å². The van der Waals surface area contributed by atoms with Crippen LogP contribution < -0.4 is 26.8 Å². The molecule has 2 fully saturated rings. The molecule has 282 valence electrons. The lowest BCUT2D eigenvalue weighted by Crippen LogP contribution is -2.54. The van der Waals surface area contributed by atoms with E-state index in [1.165, 1.54) is 18.2 Å². The van der Waals surface area contributed by atoms with Crippen molar-refractivity contribution < 1.29 is 28.4 Å². The van der Waals surface area contributed by atoms with E-state index in [9.17, 15) is 33.2 Å². The molecule has 2 saturated heterocycles. The van der Waals surface area contributed by atoms with E-state index >= 15 is 0 Å². The van der Waals surface area contributed by atoms with Gasteiger partial charge in [-0.3, -0.25) is 43.9 Å². The second-order valence-electron chi connectivity index (χ2n) is 14.1. The van der Waals surface area contributed by atoms with Crippen LogP contribution >= 0.6 is 0 Å². The maximum atomic E-state index is 14.6. The maximum absolute atomic E-state index is 14.6. The number of imide groups is 2. The lowest BCUT2D eigenvalue weighted by Gasteiger charge is -2.36. The number of piperazine rings is 1. The standard InChI is InChI=1S/C39H38FN9O6/c40-23-7-5-9-26-32(23)34(41)33(37(53)45-26)35-43-24-12-11-21(20-27(24)44-35)48-18-16-47(17-19-48)15-3-1-2-10-29(50)42-25-8-4-6-22-31(25)39(55)49(38(22)54)28-13-14-30(51)46-36(28)52/h4-9,11-12,20,28H,1-3,10,13-19H2,(H,42,50)(H,43,44)(H3,41,45,53)(H,46,51,52). The van der Waals surface area contributed by atoms with Gasteiger partial charge in [-0.1, -0.05) is 18.6 Å². The Kier molecular flexibility index (Phi) is 9.34. The molecule has 1 unspecified atom stereocenters. The molecule has 55 heavy (non-hydrogen) atoms. The number of amides is 5. The van der Waals surface area contributed by atoms with Crippen molar-refractivity contribution in [1.82, 2.24) is 30.1 Å². The van der Waals surface area contributed by atoms with Gasteiger partial charge in [0.05, 0.1) is 44.4 Å². The Morgan fingerprint density at radius 3 is 2.49 bits per heavy atom. The second kappa shape index (κ2) is 14.4. The Balaban J connectivity index is 0.806. The topological polar surface area (TPSA) is 207 Å². The van der Waals surface area contributed by atoms with Gasteiger partial charge in [0.2, 0.25) is 17.7 Å². The summed E-state index contributed by atoms with van der Waals surface area (Å²) >= 11 is 0. The number of nitrogen functional groups attached to an aromatic ring is 1. The minimum atomic E-state index is -1.08. The Bertz CT molecular complexity index is 2470. The van der Waals surface area contributed by atoms with Gasteiger partial charge in [0, 0.05) is 44.7 Å². The molecule has 5 aromatic rings. The molecule has 0 bridgehead atoms. The fourth-order valence-corrected chi connectivity index (χ4v) is 7.74. The smallest absolute Gasteiger partial charge is 0.264 e. The maximum Gasteiger partial charge on any atom is 0.264 e. The van der Waals surface area contributed by atoms with Crippen molar-refractivity contribution in [3.63, 3.8) is 0 Å². The van der Waals surface area contributed by atoms with Crippen LogP contribution in [0.4, 0.5) is 21.5 Å². The number of carbonyl (C=O) groups excluding carboxylic acids is 5. The monoisotopic (exact) mass is 747 g/mol. The number of hydrogen-bond acceptors (Lipinski definition) is 10. The summed E-state index contributed by atoms with van der Waals surface area (Å²) in [5.74, 6) is -2.96. The summed E-state index contributed by atoms with van der Waals surface area (Å²) in [4.78, 5) is 92.2. The number of hydrogen-bond donors (Lipinski definition) is 5. The van der Waals surface area contributed by atoms with E-state index in [4.69, 9.17) is 5.73 Å². The van der Waals surface area contributed by atoms with Crippen LogP contribution in [0.15, 0.2) is 59.4 Å². The molecule has 2 aromatic heterocycles. The zero-order chi connectivity index (χ0) is 38.4. The molecule has 8 rings (SSSR count). The van der Waals surface area contributed by atoms with Gasteiger partial charge in [0.25, 0.3) is 17.4 Å². The largest absolute Gasteiger partial charge is 0.397 e. The number of nitrogens with one attached hydrogen (secondary N) is 4. The fourth-order valence-electron chi connectivity index (χ4n) is 7.74. The number of aromatic nitrogens is 3. The molecule has 0 radical (unpaired) electrons. The van der Waals surface area contributed by atoms with Crippen LogP contribution in [0.1, 0.15) is 59.2 Å². The number of nitrogens with zero attached hydrogens (tertiary/aromatic N) is 4. The molecule has 3 aliphatic heterocycles. The summed E-state index contributed by atoms with van der Waals surface area (Å²) in [5, 5.41) is 5.11.